The summed E-state index contributed by atoms with van der Waals surface area (Å²) in [5, 5.41) is 11.7. The lowest BCUT2D eigenvalue weighted by molar-refractivity contribution is -0.139. The molecule has 1 aromatic carbocycles. The minimum atomic E-state index is -1.25. The molecule has 0 bridgehead atoms. The van der Waals surface area contributed by atoms with Gasteiger partial charge in [0.05, 0.1) is 6.26 Å². The van der Waals surface area contributed by atoms with Crippen molar-refractivity contribution in [2.45, 2.75) is 12.5 Å². The number of aliphatic carboxylic acids is 1. The van der Waals surface area contributed by atoms with E-state index in [0.717, 1.165) is 6.39 Å². The fourth-order valence-electron chi connectivity index (χ4n) is 2.32. The molecule has 0 spiro atoms. The highest BCUT2D eigenvalue weighted by Crippen LogP contribution is 2.23. The summed E-state index contributed by atoms with van der Waals surface area (Å²) in [5.74, 6) is -2.08. The van der Waals surface area contributed by atoms with Crippen molar-refractivity contribution in [3.05, 3.63) is 66.1 Å². The van der Waals surface area contributed by atoms with Gasteiger partial charge in [-0.3, -0.25) is 4.79 Å². The standard InChI is InChI=1S/C17H13FN2O5/c18-11-4-1-3-10(7-11)8-12(17(22)23)20-16(21)14-15(25-9-19-14)13-5-2-6-24-13/h1-7,9,12H,8H2,(H,20,21)(H,22,23)/t12-/m1/s1. The van der Waals surface area contributed by atoms with Gasteiger partial charge in [0.25, 0.3) is 5.91 Å². The Bertz CT molecular complexity index is 888. The molecule has 2 N–H and O–H groups in total. The van der Waals surface area contributed by atoms with Gasteiger partial charge in [-0.1, -0.05) is 12.1 Å². The van der Waals surface area contributed by atoms with E-state index in [-0.39, 0.29) is 17.9 Å². The molecule has 2 heterocycles. The molecule has 0 radical (unpaired) electrons. The number of benzene rings is 1. The van der Waals surface area contributed by atoms with Gasteiger partial charge in [0.15, 0.2) is 17.8 Å². The Morgan fingerprint density at radius 2 is 2.08 bits per heavy atom. The first-order valence-corrected chi connectivity index (χ1v) is 7.30. The number of amides is 1. The summed E-state index contributed by atoms with van der Waals surface area (Å²) >= 11 is 0. The minimum Gasteiger partial charge on any atom is -0.480 e. The van der Waals surface area contributed by atoms with Crippen LogP contribution < -0.4 is 5.32 Å². The molecule has 8 heteroatoms. The first kappa shape index (κ1) is 16.4. The summed E-state index contributed by atoms with van der Waals surface area (Å²) in [6, 6.07) is 7.46. The number of hydrogen-bond donors (Lipinski definition) is 2. The number of rotatable bonds is 6. The molecule has 128 valence electrons. The average Bonchev–Trinajstić information content (AvgIpc) is 3.25. The predicted molar refractivity (Wildman–Crippen MR) is 83.2 cm³/mol. The van der Waals surface area contributed by atoms with E-state index < -0.39 is 23.7 Å². The highest BCUT2D eigenvalue weighted by molar-refractivity contribution is 5.99. The van der Waals surface area contributed by atoms with Crippen LogP contribution in [0.15, 0.2) is 57.9 Å². The van der Waals surface area contributed by atoms with Crippen molar-refractivity contribution >= 4 is 11.9 Å². The van der Waals surface area contributed by atoms with Crippen LogP contribution >= 0.6 is 0 Å². The SMILES string of the molecule is O=C(N[C@H](Cc1cccc(F)c1)C(=O)O)c1ncoc1-c1ccco1. The van der Waals surface area contributed by atoms with Gasteiger partial charge in [0, 0.05) is 6.42 Å². The number of carbonyl (C=O) groups excluding carboxylic acids is 1. The third-order valence-corrected chi connectivity index (χ3v) is 3.46. The number of nitrogens with zero attached hydrogens (tertiary/aromatic N) is 1. The highest BCUT2D eigenvalue weighted by Gasteiger charge is 2.26. The first-order valence-electron chi connectivity index (χ1n) is 7.30. The van der Waals surface area contributed by atoms with Gasteiger partial charge < -0.3 is 19.3 Å². The molecule has 0 fully saturated rings. The van der Waals surface area contributed by atoms with Crippen molar-refractivity contribution in [3.63, 3.8) is 0 Å². The summed E-state index contributed by atoms with van der Waals surface area (Å²) in [7, 11) is 0. The molecule has 1 atom stereocenters. The zero-order chi connectivity index (χ0) is 17.8. The molecule has 2 aromatic heterocycles. The van der Waals surface area contributed by atoms with Crippen LogP contribution in [-0.4, -0.2) is 28.0 Å². The molecule has 0 aliphatic rings. The monoisotopic (exact) mass is 344 g/mol. The smallest absolute Gasteiger partial charge is 0.326 e. The number of carboxylic acid groups (broad SMARTS) is 1. The number of nitrogens with one attached hydrogen (secondary N) is 1. The minimum absolute atomic E-state index is 0.0766. The van der Waals surface area contributed by atoms with Crippen LogP contribution in [0.3, 0.4) is 0 Å². The van der Waals surface area contributed by atoms with E-state index in [4.69, 9.17) is 8.83 Å². The Kier molecular flexibility index (Phi) is 4.60. The normalized spacial score (nSPS) is 11.9. The van der Waals surface area contributed by atoms with Gasteiger partial charge in [0.2, 0.25) is 5.76 Å². The van der Waals surface area contributed by atoms with Gasteiger partial charge in [-0.15, -0.1) is 0 Å². The summed E-state index contributed by atoms with van der Waals surface area (Å²) in [5.41, 5.74) is 0.347. The molecule has 0 saturated heterocycles. The zero-order valence-corrected chi connectivity index (χ0v) is 12.8. The van der Waals surface area contributed by atoms with E-state index in [2.05, 4.69) is 10.3 Å². The number of carboxylic acids is 1. The second kappa shape index (κ2) is 7.00. The van der Waals surface area contributed by atoms with E-state index >= 15 is 0 Å². The lowest BCUT2D eigenvalue weighted by Crippen LogP contribution is -2.42. The summed E-state index contributed by atoms with van der Waals surface area (Å²) < 4.78 is 23.5. The maximum atomic E-state index is 13.2. The maximum absolute atomic E-state index is 13.2. The number of oxazole rings is 1. The lowest BCUT2D eigenvalue weighted by Gasteiger charge is -2.14. The largest absolute Gasteiger partial charge is 0.480 e. The van der Waals surface area contributed by atoms with Crippen LogP contribution in [0, 0.1) is 5.82 Å². The summed E-state index contributed by atoms with van der Waals surface area (Å²) in [4.78, 5) is 27.6. The molecule has 3 aromatic rings. The van der Waals surface area contributed by atoms with Crippen molar-refractivity contribution in [2.24, 2.45) is 0 Å². The van der Waals surface area contributed by atoms with E-state index in [1.165, 1.54) is 24.5 Å². The Hall–Kier alpha value is -3.42. The number of aromatic nitrogens is 1. The maximum Gasteiger partial charge on any atom is 0.326 e. The number of carbonyl (C=O) groups is 2. The quantitative estimate of drug-likeness (QED) is 0.712. The van der Waals surface area contributed by atoms with Crippen LogP contribution in [-0.2, 0) is 11.2 Å². The van der Waals surface area contributed by atoms with Gasteiger partial charge >= 0.3 is 5.97 Å². The third kappa shape index (κ3) is 3.74. The van der Waals surface area contributed by atoms with Crippen molar-refractivity contribution in [1.82, 2.24) is 10.3 Å². The van der Waals surface area contributed by atoms with Gasteiger partial charge in [0.1, 0.15) is 11.9 Å². The molecule has 0 saturated carbocycles. The van der Waals surface area contributed by atoms with Crippen molar-refractivity contribution in [3.8, 4) is 11.5 Å². The first-order chi connectivity index (χ1) is 12.0. The second-order valence-corrected chi connectivity index (χ2v) is 5.21. The molecular formula is C17H13FN2O5. The molecule has 3 rings (SSSR count). The van der Waals surface area contributed by atoms with Crippen molar-refractivity contribution in [1.29, 1.82) is 0 Å². The molecular weight excluding hydrogens is 331 g/mol. The van der Waals surface area contributed by atoms with Crippen LogP contribution in [0.25, 0.3) is 11.5 Å². The zero-order valence-electron chi connectivity index (χ0n) is 12.8. The van der Waals surface area contributed by atoms with E-state index in [1.807, 2.05) is 0 Å². The molecule has 0 aliphatic carbocycles. The van der Waals surface area contributed by atoms with Crippen LogP contribution in [0.2, 0.25) is 0 Å². The van der Waals surface area contributed by atoms with Gasteiger partial charge in [-0.2, -0.15) is 0 Å². The Balaban J connectivity index is 1.78. The van der Waals surface area contributed by atoms with Gasteiger partial charge in [-0.25, -0.2) is 14.2 Å². The fourth-order valence-corrected chi connectivity index (χ4v) is 2.32. The molecule has 1 amide bonds. The van der Waals surface area contributed by atoms with E-state index in [0.29, 0.717) is 11.3 Å². The van der Waals surface area contributed by atoms with E-state index in [1.54, 1.807) is 18.2 Å². The molecule has 7 nitrogen and oxygen atoms in total. The average molecular weight is 344 g/mol. The van der Waals surface area contributed by atoms with Crippen LogP contribution in [0.5, 0.6) is 0 Å². The predicted octanol–water partition coefficient (Wildman–Crippen LogP) is 2.50. The number of hydrogen-bond acceptors (Lipinski definition) is 5. The topological polar surface area (TPSA) is 106 Å². The second-order valence-electron chi connectivity index (χ2n) is 5.21. The highest BCUT2D eigenvalue weighted by atomic mass is 19.1. The Labute approximate surface area is 141 Å². The van der Waals surface area contributed by atoms with Crippen LogP contribution in [0.1, 0.15) is 16.1 Å². The number of furan rings is 1. The van der Waals surface area contributed by atoms with Gasteiger partial charge in [-0.05, 0) is 29.8 Å². The Morgan fingerprint density at radius 3 is 2.76 bits per heavy atom. The third-order valence-electron chi connectivity index (χ3n) is 3.46. The summed E-state index contributed by atoms with van der Waals surface area (Å²) in [6.07, 6.45) is 2.39. The van der Waals surface area contributed by atoms with E-state index in [9.17, 15) is 19.1 Å². The molecule has 25 heavy (non-hydrogen) atoms. The van der Waals surface area contributed by atoms with Crippen molar-refractivity contribution < 1.29 is 27.9 Å². The fraction of sp³-hybridized carbons (Fsp3) is 0.118. The van der Waals surface area contributed by atoms with Crippen molar-refractivity contribution in [2.75, 3.05) is 0 Å². The Morgan fingerprint density at radius 1 is 1.24 bits per heavy atom. The molecule has 0 aliphatic heterocycles. The summed E-state index contributed by atoms with van der Waals surface area (Å²) in [6.45, 7) is 0. The molecule has 0 unspecified atom stereocenters. The number of halogens is 1. The lowest BCUT2D eigenvalue weighted by atomic mass is 10.1. The van der Waals surface area contributed by atoms with Crippen LogP contribution in [0.4, 0.5) is 4.39 Å².